The Balaban J connectivity index is -0.000000131. The lowest BCUT2D eigenvalue weighted by atomic mass is 10.1. The normalized spacial score (nSPS) is 9.73. The van der Waals surface area contributed by atoms with E-state index in [1.54, 1.807) is 77.6 Å². The molecule has 574 valence electrons. The van der Waals surface area contributed by atoms with Gasteiger partial charge < -0.3 is 109 Å². The summed E-state index contributed by atoms with van der Waals surface area (Å²) in [6, 6.07) is 0.842. The Bertz CT molecular complexity index is 1610. The molecule has 0 aromatic carbocycles. The Morgan fingerprint density at radius 3 is 1.14 bits per heavy atom. The third kappa shape index (κ3) is 149. The number of hydrogen-bond donors (Lipinski definition) is 7. The van der Waals surface area contributed by atoms with Gasteiger partial charge in [0, 0.05) is 215 Å². The summed E-state index contributed by atoms with van der Waals surface area (Å²) in [6.07, 6.45) is 10.9. The van der Waals surface area contributed by atoms with Crippen LogP contribution < -0.4 is 32.3 Å². The second-order valence-electron chi connectivity index (χ2n) is 19.7. The summed E-state index contributed by atoms with van der Waals surface area (Å²) in [6.45, 7) is 32.4. The standard InChI is InChI=1S/C16H31N2O6.C8H17NO2.C6H14N2O.C6H13NO2.C6H13NOS.2C6H12O3.C6H12O2S.C5H11NO/c1-14(18-16(20)24-13-7-11-22-3)8-4-5-9-17-15(19)23-12-6-10-21-2;1-3-5-7-11-8(10)9-6-4-2;1-6(7)8-4-3-5-9-2;1-6(8)7-4-3-5-9-2;1-6(9)7-4-3-5-8-2;2*1-6(7)9-5-3-4-8-2;1-6(9)8-5-3-4-7-2;1-3-7-4-5(2)6/h4-13H2,1-3H3,(H,17,19)(H,18,20);3-7H2,1-2H3,(H,9,10);3-5H2,1-2H3,(H2,7,8);3-5H2,1-2H3,(H,7,8);3-5H2,1-2H3,(H,7,9);3*3-5H2,1-2H3;6H,3-4H2,1-2H3/q-1;;;;;;;;. The molecule has 29 nitrogen and oxygen atoms in total. The number of hydrogen-bond acceptors (Lipinski definition) is 25. The van der Waals surface area contributed by atoms with E-state index >= 15 is 0 Å². The lowest BCUT2D eigenvalue weighted by Gasteiger charge is -2.26. The number of methoxy groups -OCH3 is 8. The fourth-order valence-corrected chi connectivity index (χ4v) is 5.48. The summed E-state index contributed by atoms with van der Waals surface area (Å²) in [5, 5.41) is 21.2. The summed E-state index contributed by atoms with van der Waals surface area (Å²) in [7, 11) is 13.1. The number of alkyl carbamates (subject to hydrolysis) is 3. The summed E-state index contributed by atoms with van der Waals surface area (Å²) in [5.41, 5.74) is 5.87. The van der Waals surface area contributed by atoms with E-state index in [0.717, 1.165) is 121 Å². The van der Waals surface area contributed by atoms with Crippen molar-refractivity contribution < 1.29 is 99.8 Å². The summed E-state index contributed by atoms with van der Waals surface area (Å²) in [5.74, 6) is 0.203. The molecular weight excluding hydrogens is 1290 g/mol. The van der Waals surface area contributed by atoms with E-state index in [0.29, 0.717) is 135 Å². The molecule has 0 bridgehead atoms. The van der Waals surface area contributed by atoms with Crippen LogP contribution in [-0.2, 0) is 85.4 Å². The molecule has 31 heteroatoms. The largest absolute Gasteiger partial charge is 0.487 e. The SMILES string of the molecule is CCCCOC(=O)NCCC.CCOCC(C)=N.COCCCN=C(C)N.COCCCNC(C)=O.COCCCNC(C)=S.COCCCOC(=O)NCCCC[C-](C)NC(=O)OCCCOC.COCCCOC(C)=O.COCCCOC(C)=O.COCCCOC(C)=S. The number of amidine groups is 1. The fraction of sp³-hybridized carbons (Fsp3) is 0.831. The van der Waals surface area contributed by atoms with Crippen molar-refractivity contribution in [2.75, 3.05) is 195 Å². The monoisotopic (exact) mass is 1430 g/mol. The maximum absolute atomic E-state index is 11.5. The fourth-order valence-electron chi connectivity index (χ4n) is 5.29. The molecule has 8 N–H and O–H groups in total. The number of nitrogens with two attached hydrogens (primary N) is 1. The molecule has 4 amide bonds. The molecule has 0 aliphatic carbocycles. The van der Waals surface area contributed by atoms with E-state index in [1.165, 1.54) is 20.8 Å². The second-order valence-corrected chi connectivity index (χ2v) is 20.9. The number of aliphatic imine (C=N–C) groups is 1. The average Bonchev–Trinajstić information content (AvgIpc) is 3.59. The maximum Gasteiger partial charge on any atom is 0.407 e. The molecular formula is C65H135N8O21S2-. The van der Waals surface area contributed by atoms with Gasteiger partial charge in [-0.3, -0.25) is 19.4 Å². The van der Waals surface area contributed by atoms with E-state index < -0.39 is 12.2 Å². The number of nitrogens with zero attached hydrogens (tertiary/aromatic N) is 1. The maximum atomic E-state index is 11.5. The Morgan fingerprint density at radius 1 is 0.427 bits per heavy atom. The highest BCUT2D eigenvalue weighted by Gasteiger charge is 2.03. The van der Waals surface area contributed by atoms with Crippen LogP contribution in [0.25, 0.3) is 0 Å². The lowest BCUT2D eigenvalue weighted by Crippen LogP contribution is -2.28. The minimum absolute atomic E-state index is 0.0195. The Kier molecular flexibility index (Phi) is 115. The van der Waals surface area contributed by atoms with Gasteiger partial charge in [-0.15, -0.1) is 0 Å². The van der Waals surface area contributed by atoms with Crippen molar-refractivity contribution in [3.8, 4) is 0 Å². The van der Waals surface area contributed by atoms with Gasteiger partial charge in [0.05, 0.1) is 57.1 Å². The van der Waals surface area contributed by atoms with Crippen molar-refractivity contribution in [3.63, 3.8) is 0 Å². The van der Waals surface area contributed by atoms with Crippen LogP contribution in [0, 0.1) is 11.5 Å². The summed E-state index contributed by atoms with van der Waals surface area (Å²) < 4.78 is 72.3. The van der Waals surface area contributed by atoms with Crippen molar-refractivity contribution in [1.82, 2.24) is 26.6 Å². The van der Waals surface area contributed by atoms with Gasteiger partial charge in [-0.2, -0.15) is 13.3 Å². The number of carbonyl (C=O) groups excluding carboxylic acids is 6. The first-order valence-electron chi connectivity index (χ1n) is 32.6. The van der Waals surface area contributed by atoms with Crippen molar-refractivity contribution in [2.45, 2.75) is 166 Å². The molecule has 0 heterocycles. The third-order valence-electron chi connectivity index (χ3n) is 9.85. The van der Waals surface area contributed by atoms with Crippen LogP contribution in [-0.4, -0.2) is 253 Å². The van der Waals surface area contributed by atoms with Crippen molar-refractivity contribution in [2.24, 2.45) is 10.7 Å². The molecule has 0 aromatic heterocycles. The quantitative estimate of drug-likeness (QED) is 0.00567. The van der Waals surface area contributed by atoms with Gasteiger partial charge in [-0.05, 0) is 78.4 Å². The highest BCUT2D eigenvalue weighted by atomic mass is 32.1. The van der Waals surface area contributed by atoms with E-state index in [-0.39, 0.29) is 23.9 Å². The molecule has 0 saturated carbocycles. The number of nitrogens with one attached hydrogen (secondary N) is 6. The van der Waals surface area contributed by atoms with Gasteiger partial charge in [0.15, 0.2) is 5.05 Å². The molecule has 0 spiro atoms. The number of thiocarbonyl (C=S) groups is 2. The topological polar surface area (TPSA) is 363 Å². The molecule has 0 atom stereocenters. The smallest absolute Gasteiger partial charge is 0.407 e. The second kappa shape index (κ2) is 101. The van der Waals surface area contributed by atoms with Crippen LogP contribution in [0.1, 0.15) is 166 Å². The third-order valence-corrected chi connectivity index (χ3v) is 10.1. The number of unbranched alkanes of at least 4 members (excludes halogenated alkanes) is 2. The first kappa shape index (κ1) is 109. The zero-order valence-electron chi connectivity index (χ0n) is 62.7. The molecule has 0 aromatic rings. The number of ether oxygens (including phenoxy) is 15. The zero-order chi connectivity index (χ0) is 74.9. The first-order valence-corrected chi connectivity index (χ1v) is 33.4. The van der Waals surface area contributed by atoms with Crippen LogP contribution in [0.4, 0.5) is 14.4 Å². The molecule has 0 radical (unpaired) electrons. The molecule has 96 heavy (non-hydrogen) atoms. The van der Waals surface area contributed by atoms with Gasteiger partial charge in [0.1, 0.15) is 0 Å². The highest BCUT2D eigenvalue weighted by molar-refractivity contribution is 7.80. The van der Waals surface area contributed by atoms with Gasteiger partial charge in [0.2, 0.25) is 5.91 Å². The van der Waals surface area contributed by atoms with E-state index in [9.17, 15) is 28.8 Å². The van der Waals surface area contributed by atoms with Crippen LogP contribution in [0.5, 0.6) is 0 Å². The summed E-state index contributed by atoms with van der Waals surface area (Å²) in [4.78, 5) is 68.9. The number of rotatable bonds is 46. The van der Waals surface area contributed by atoms with Crippen LogP contribution >= 0.6 is 24.4 Å². The Morgan fingerprint density at radius 2 is 0.792 bits per heavy atom. The number of esters is 2. The Hall–Kier alpha value is -5.22. The van der Waals surface area contributed by atoms with E-state index in [2.05, 4.69) is 60.2 Å². The minimum atomic E-state index is -0.443. The molecule has 0 fully saturated rings. The van der Waals surface area contributed by atoms with Gasteiger partial charge in [0.25, 0.3) is 0 Å². The predicted molar refractivity (Wildman–Crippen MR) is 388 cm³/mol. The lowest BCUT2D eigenvalue weighted by molar-refractivity contribution is -0.142. The highest BCUT2D eigenvalue weighted by Crippen LogP contribution is 2.07. The van der Waals surface area contributed by atoms with E-state index in [1.807, 2.05) is 27.7 Å². The number of carbonyl (C=O) groups is 6. The van der Waals surface area contributed by atoms with Crippen LogP contribution in [0.2, 0.25) is 0 Å². The Labute approximate surface area is 589 Å². The van der Waals surface area contributed by atoms with Gasteiger partial charge >= 0.3 is 30.2 Å². The molecule has 0 saturated heterocycles. The van der Waals surface area contributed by atoms with Crippen molar-refractivity contribution >= 4 is 82.1 Å². The predicted octanol–water partition coefficient (Wildman–Crippen LogP) is 9.30. The number of amides is 4. The average molecular weight is 1430 g/mol. The van der Waals surface area contributed by atoms with E-state index in [4.69, 9.17) is 84.9 Å². The first-order chi connectivity index (χ1) is 45.8. The molecule has 0 unspecified atom stereocenters. The van der Waals surface area contributed by atoms with Crippen molar-refractivity contribution in [3.05, 3.63) is 6.04 Å². The molecule has 0 rings (SSSR count). The van der Waals surface area contributed by atoms with Crippen LogP contribution in [0.15, 0.2) is 4.99 Å². The molecule has 0 aliphatic rings. The zero-order valence-corrected chi connectivity index (χ0v) is 64.3. The van der Waals surface area contributed by atoms with Gasteiger partial charge in [-0.25, -0.2) is 20.4 Å². The van der Waals surface area contributed by atoms with Crippen LogP contribution in [0.3, 0.4) is 0 Å². The molecule has 0 aliphatic heterocycles. The van der Waals surface area contributed by atoms with Crippen molar-refractivity contribution in [1.29, 1.82) is 5.41 Å². The summed E-state index contributed by atoms with van der Waals surface area (Å²) >= 11 is 9.48. The van der Waals surface area contributed by atoms with Gasteiger partial charge in [-0.1, -0.05) is 38.9 Å². The minimum Gasteiger partial charge on any atom is -0.487 e.